The molecule has 1 unspecified atom stereocenters. The second-order valence-electron chi connectivity index (χ2n) is 4.71. The van der Waals surface area contributed by atoms with Gasteiger partial charge in [0.25, 0.3) is 0 Å². The maximum Gasteiger partial charge on any atom is 0.328 e. The largest absolute Gasteiger partial charge is 0.481 e. The third kappa shape index (κ3) is 2.51. The van der Waals surface area contributed by atoms with E-state index in [1.807, 2.05) is 0 Å². The maximum atomic E-state index is 11.9. The zero-order valence-corrected chi connectivity index (χ0v) is 12.7. The van der Waals surface area contributed by atoms with Crippen LogP contribution in [-0.2, 0) is 18.9 Å². The summed E-state index contributed by atoms with van der Waals surface area (Å²) in [5.41, 5.74) is 1.88. The zero-order valence-electron chi connectivity index (χ0n) is 11.1. The van der Waals surface area contributed by atoms with Crippen LogP contribution in [0.25, 0.3) is 11.0 Å². The van der Waals surface area contributed by atoms with Crippen LogP contribution in [-0.4, -0.2) is 25.3 Å². The summed E-state index contributed by atoms with van der Waals surface area (Å²) in [4.78, 5) is 22.4. The lowest BCUT2D eigenvalue weighted by Crippen LogP contribution is -2.19. The second kappa shape index (κ2) is 5.41. The summed E-state index contributed by atoms with van der Waals surface area (Å²) in [5, 5.41) is 18.8. The molecule has 2 aromatic rings. The minimum absolute atomic E-state index is 0.112. The minimum atomic E-state index is -0.951. The Morgan fingerprint density at radius 1 is 1.30 bits per heavy atom. The Balaban J connectivity index is 2.50. The van der Waals surface area contributed by atoms with Crippen LogP contribution in [0.3, 0.4) is 0 Å². The molecular formula is C13H15BrN2O4. The molecule has 2 N–H and O–H groups in total. The van der Waals surface area contributed by atoms with E-state index in [2.05, 4.69) is 15.9 Å². The number of rotatable bonds is 4. The standard InChI is InChI=1S/C13H15BrN2O4/c1-15-9-5-7(11(17)3-4-12(18)19)8(14)6-10(9)16(2)13(15)20/h5-6,11,17H,3-4H2,1-2H3,(H,18,19). The fraction of sp³-hybridized carbons (Fsp3) is 0.385. The van der Waals surface area contributed by atoms with Crippen LogP contribution in [0.15, 0.2) is 21.4 Å². The molecule has 0 radical (unpaired) electrons. The predicted octanol–water partition coefficient (Wildman–Crippen LogP) is 1.54. The summed E-state index contributed by atoms with van der Waals surface area (Å²) in [6.45, 7) is 0. The van der Waals surface area contributed by atoms with Crippen LogP contribution in [0.5, 0.6) is 0 Å². The number of carboxylic acids is 1. The van der Waals surface area contributed by atoms with Gasteiger partial charge < -0.3 is 10.2 Å². The van der Waals surface area contributed by atoms with Crippen molar-refractivity contribution in [1.29, 1.82) is 0 Å². The number of carbonyl (C=O) groups is 1. The van der Waals surface area contributed by atoms with Crippen molar-refractivity contribution >= 4 is 32.9 Å². The van der Waals surface area contributed by atoms with Gasteiger partial charge in [0.15, 0.2) is 0 Å². The van der Waals surface area contributed by atoms with Crippen molar-refractivity contribution in [2.24, 2.45) is 14.1 Å². The zero-order chi connectivity index (χ0) is 15.0. The van der Waals surface area contributed by atoms with Crippen LogP contribution in [0, 0.1) is 0 Å². The van der Waals surface area contributed by atoms with Crippen molar-refractivity contribution in [1.82, 2.24) is 9.13 Å². The van der Waals surface area contributed by atoms with Crippen LogP contribution in [0.2, 0.25) is 0 Å². The van der Waals surface area contributed by atoms with Gasteiger partial charge in [0.05, 0.1) is 17.1 Å². The number of aliphatic hydroxyl groups is 1. The van der Waals surface area contributed by atoms with Crippen LogP contribution >= 0.6 is 15.9 Å². The smallest absolute Gasteiger partial charge is 0.328 e. The number of benzene rings is 1. The Bertz CT molecular complexity index is 732. The number of aliphatic carboxylic acids is 1. The molecule has 0 saturated carbocycles. The van der Waals surface area contributed by atoms with Crippen molar-refractivity contribution in [2.75, 3.05) is 0 Å². The van der Waals surface area contributed by atoms with Gasteiger partial charge in [-0.2, -0.15) is 0 Å². The first-order valence-corrected chi connectivity index (χ1v) is 6.87. The summed E-state index contributed by atoms with van der Waals surface area (Å²) < 4.78 is 3.67. The van der Waals surface area contributed by atoms with Gasteiger partial charge in [0.2, 0.25) is 0 Å². The molecular weight excluding hydrogens is 328 g/mol. The lowest BCUT2D eigenvalue weighted by atomic mass is 10.0. The molecule has 2 rings (SSSR count). The first kappa shape index (κ1) is 14.8. The van der Waals surface area contributed by atoms with E-state index < -0.39 is 12.1 Å². The third-order valence-electron chi connectivity index (χ3n) is 3.38. The fourth-order valence-corrected chi connectivity index (χ4v) is 2.80. The van der Waals surface area contributed by atoms with Gasteiger partial charge in [-0.1, -0.05) is 15.9 Å². The summed E-state index contributed by atoms with van der Waals surface area (Å²) in [6, 6.07) is 3.48. The molecule has 0 aliphatic rings. The lowest BCUT2D eigenvalue weighted by Gasteiger charge is -2.12. The van der Waals surface area contributed by atoms with Gasteiger partial charge >= 0.3 is 11.7 Å². The van der Waals surface area contributed by atoms with Crippen molar-refractivity contribution in [3.8, 4) is 0 Å². The van der Waals surface area contributed by atoms with E-state index in [-0.39, 0.29) is 18.5 Å². The first-order chi connectivity index (χ1) is 9.32. The van der Waals surface area contributed by atoms with Crippen molar-refractivity contribution in [3.63, 3.8) is 0 Å². The number of halogens is 1. The van der Waals surface area contributed by atoms with E-state index in [1.54, 1.807) is 26.2 Å². The van der Waals surface area contributed by atoms with Gasteiger partial charge in [0.1, 0.15) is 0 Å². The van der Waals surface area contributed by atoms with E-state index >= 15 is 0 Å². The molecule has 1 aromatic carbocycles. The summed E-state index contributed by atoms with van der Waals surface area (Å²) in [5.74, 6) is -0.951. The highest BCUT2D eigenvalue weighted by atomic mass is 79.9. The number of fused-ring (bicyclic) bond motifs is 1. The molecule has 20 heavy (non-hydrogen) atoms. The lowest BCUT2D eigenvalue weighted by molar-refractivity contribution is -0.137. The van der Waals surface area contributed by atoms with Gasteiger partial charge in [0, 0.05) is 25.0 Å². The molecule has 0 aliphatic carbocycles. The Morgan fingerprint density at radius 3 is 2.40 bits per heavy atom. The highest BCUT2D eigenvalue weighted by molar-refractivity contribution is 9.10. The predicted molar refractivity (Wildman–Crippen MR) is 77.7 cm³/mol. The number of aliphatic hydroxyl groups excluding tert-OH is 1. The topological polar surface area (TPSA) is 84.5 Å². The normalized spacial score (nSPS) is 12.8. The summed E-state index contributed by atoms with van der Waals surface area (Å²) in [6.07, 6.45) is -0.875. The molecule has 0 fully saturated rings. The van der Waals surface area contributed by atoms with E-state index in [0.717, 1.165) is 5.52 Å². The molecule has 7 heteroatoms. The average molecular weight is 343 g/mol. The van der Waals surface area contributed by atoms with Crippen LogP contribution < -0.4 is 5.69 Å². The Kier molecular flexibility index (Phi) is 4.01. The Hall–Kier alpha value is -1.60. The fourth-order valence-electron chi connectivity index (χ4n) is 2.21. The Morgan fingerprint density at radius 2 is 1.85 bits per heavy atom. The molecule has 0 bridgehead atoms. The monoisotopic (exact) mass is 342 g/mol. The molecule has 0 saturated heterocycles. The van der Waals surface area contributed by atoms with E-state index in [0.29, 0.717) is 15.6 Å². The maximum absolute atomic E-state index is 11.9. The number of hydrogen-bond donors (Lipinski definition) is 2. The molecule has 1 aromatic heterocycles. The molecule has 1 heterocycles. The molecule has 0 spiro atoms. The Labute approximate surface area is 123 Å². The molecule has 0 amide bonds. The van der Waals surface area contributed by atoms with Crippen molar-refractivity contribution < 1.29 is 15.0 Å². The van der Waals surface area contributed by atoms with Crippen molar-refractivity contribution in [2.45, 2.75) is 18.9 Å². The third-order valence-corrected chi connectivity index (χ3v) is 4.07. The number of carboxylic acid groups (broad SMARTS) is 1. The summed E-state index contributed by atoms with van der Waals surface area (Å²) >= 11 is 3.36. The second-order valence-corrected chi connectivity index (χ2v) is 5.57. The number of imidazole rings is 1. The van der Waals surface area contributed by atoms with E-state index in [1.165, 1.54) is 9.13 Å². The van der Waals surface area contributed by atoms with Gasteiger partial charge in [-0.3, -0.25) is 13.9 Å². The highest BCUT2D eigenvalue weighted by Gasteiger charge is 2.17. The minimum Gasteiger partial charge on any atom is -0.481 e. The van der Waals surface area contributed by atoms with Gasteiger partial charge in [-0.15, -0.1) is 0 Å². The van der Waals surface area contributed by atoms with E-state index in [4.69, 9.17) is 5.11 Å². The van der Waals surface area contributed by atoms with Crippen LogP contribution in [0.1, 0.15) is 24.5 Å². The molecule has 1 atom stereocenters. The van der Waals surface area contributed by atoms with Crippen LogP contribution in [0.4, 0.5) is 0 Å². The molecule has 108 valence electrons. The quantitative estimate of drug-likeness (QED) is 0.882. The molecule has 6 nitrogen and oxygen atoms in total. The van der Waals surface area contributed by atoms with Gasteiger partial charge in [-0.25, -0.2) is 4.79 Å². The number of nitrogens with zero attached hydrogens (tertiary/aromatic N) is 2. The number of aryl methyl sites for hydroxylation is 2. The van der Waals surface area contributed by atoms with Gasteiger partial charge in [-0.05, 0) is 24.1 Å². The first-order valence-electron chi connectivity index (χ1n) is 6.07. The SMILES string of the molecule is Cn1c(=O)n(C)c2cc(C(O)CCC(=O)O)c(Br)cc21. The average Bonchev–Trinajstić information content (AvgIpc) is 2.60. The number of hydrogen-bond acceptors (Lipinski definition) is 3. The summed E-state index contributed by atoms with van der Waals surface area (Å²) in [7, 11) is 3.34. The highest BCUT2D eigenvalue weighted by Crippen LogP contribution is 2.30. The number of aromatic nitrogens is 2. The molecule has 0 aliphatic heterocycles. The van der Waals surface area contributed by atoms with Crippen molar-refractivity contribution in [3.05, 3.63) is 32.7 Å². The van der Waals surface area contributed by atoms with E-state index in [9.17, 15) is 14.7 Å².